The summed E-state index contributed by atoms with van der Waals surface area (Å²) in [5, 5.41) is 3.63. The topological polar surface area (TPSA) is 95.0 Å². The summed E-state index contributed by atoms with van der Waals surface area (Å²) in [6.07, 6.45) is 7.48. The molecule has 1 aromatic heterocycles. The van der Waals surface area contributed by atoms with Crippen LogP contribution in [0.3, 0.4) is 0 Å². The highest BCUT2D eigenvalue weighted by atomic mass is 32.2. The maximum Gasteiger partial charge on any atom is 0.410 e. The Kier molecular flexibility index (Phi) is 6.98. The first-order valence-electron chi connectivity index (χ1n) is 12.9. The number of amides is 1. The zero-order chi connectivity index (χ0) is 25.4. The number of thioether (sulfide) groups is 1. The minimum Gasteiger partial charge on any atom is -0.489 e. The van der Waals surface area contributed by atoms with Crippen molar-refractivity contribution in [2.24, 2.45) is 0 Å². The molecule has 2 bridgehead atoms. The quantitative estimate of drug-likeness (QED) is 0.510. The average Bonchev–Trinajstić information content (AvgIpc) is 3.67. The fourth-order valence-corrected chi connectivity index (χ4v) is 6.08. The molecule has 0 spiro atoms. The van der Waals surface area contributed by atoms with Crippen LogP contribution in [-0.4, -0.2) is 70.8 Å². The van der Waals surface area contributed by atoms with Crippen LogP contribution in [-0.2, 0) is 9.47 Å². The number of hydrogen-bond acceptors (Lipinski definition) is 9. The van der Waals surface area contributed by atoms with Gasteiger partial charge in [0.25, 0.3) is 5.88 Å². The SMILES string of the molecule is COc1c(Nc2ccc(SC3CC3)cc2F)ncnc1OC1CC2COCC(C1)N2C(=O)OC1CCC1. The van der Waals surface area contributed by atoms with Crippen molar-refractivity contribution in [3.8, 4) is 11.6 Å². The molecule has 2 aliphatic heterocycles. The highest BCUT2D eigenvalue weighted by Gasteiger charge is 2.44. The van der Waals surface area contributed by atoms with E-state index in [0.29, 0.717) is 48.6 Å². The number of benzene rings is 1. The molecule has 9 nitrogen and oxygen atoms in total. The molecule has 2 atom stereocenters. The lowest BCUT2D eigenvalue weighted by Crippen LogP contribution is -2.61. The highest BCUT2D eigenvalue weighted by molar-refractivity contribution is 8.00. The minimum atomic E-state index is -0.359. The number of carbonyl (C=O) groups is 1. The van der Waals surface area contributed by atoms with E-state index in [9.17, 15) is 9.18 Å². The van der Waals surface area contributed by atoms with Crippen LogP contribution in [0.5, 0.6) is 11.6 Å². The second-order valence-electron chi connectivity index (χ2n) is 10.0. The Morgan fingerprint density at radius 2 is 1.92 bits per heavy atom. The van der Waals surface area contributed by atoms with Crippen molar-refractivity contribution in [1.29, 1.82) is 0 Å². The molecule has 0 radical (unpaired) electrons. The lowest BCUT2D eigenvalue weighted by molar-refractivity contribution is -0.0985. The summed E-state index contributed by atoms with van der Waals surface area (Å²) in [6, 6.07) is 4.90. The van der Waals surface area contributed by atoms with Crippen LogP contribution >= 0.6 is 11.8 Å². The molecule has 2 unspecified atom stereocenters. The molecule has 4 fully saturated rings. The van der Waals surface area contributed by atoms with E-state index in [-0.39, 0.29) is 42.1 Å². The van der Waals surface area contributed by atoms with E-state index in [4.69, 9.17) is 18.9 Å². The number of anilines is 2. The zero-order valence-corrected chi connectivity index (χ0v) is 21.5. The van der Waals surface area contributed by atoms with Gasteiger partial charge in [0.05, 0.1) is 38.1 Å². The summed E-state index contributed by atoms with van der Waals surface area (Å²) in [4.78, 5) is 24.1. The summed E-state index contributed by atoms with van der Waals surface area (Å²) in [6.45, 7) is 0.885. The van der Waals surface area contributed by atoms with E-state index >= 15 is 0 Å². The maximum absolute atomic E-state index is 14.8. The molecule has 2 saturated carbocycles. The van der Waals surface area contributed by atoms with Crippen LogP contribution in [0, 0.1) is 5.82 Å². The molecule has 37 heavy (non-hydrogen) atoms. The largest absolute Gasteiger partial charge is 0.489 e. The molecule has 1 N–H and O–H groups in total. The van der Waals surface area contributed by atoms with Crippen molar-refractivity contribution >= 4 is 29.4 Å². The van der Waals surface area contributed by atoms with Crippen molar-refractivity contribution in [2.75, 3.05) is 25.6 Å². The average molecular weight is 531 g/mol. The van der Waals surface area contributed by atoms with Crippen LogP contribution < -0.4 is 14.8 Å². The summed E-state index contributed by atoms with van der Waals surface area (Å²) in [5.41, 5.74) is 0.299. The molecule has 11 heteroatoms. The van der Waals surface area contributed by atoms with E-state index in [0.717, 1.165) is 24.2 Å². The van der Waals surface area contributed by atoms with Crippen molar-refractivity contribution < 1.29 is 28.1 Å². The summed E-state index contributed by atoms with van der Waals surface area (Å²) in [7, 11) is 1.50. The Morgan fingerprint density at radius 1 is 1.14 bits per heavy atom. The Balaban J connectivity index is 1.14. The predicted octanol–water partition coefficient (Wildman–Crippen LogP) is 4.92. The van der Waals surface area contributed by atoms with Gasteiger partial charge < -0.3 is 24.3 Å². The minimum absolute atomic E-state index is 0.0392. The number of hydrogen-bond donors (Lipinski definition) is 1. The van der Waals surface area contributed by atoms with E-state index < -0.39 is 0 Å². The molecular weight excluding hydrogens is 499 g/mol. The summed E-state index contributed by atoms with van der Waals surface area (Å²) < 4.78 is 38.1. The van der Waals surface area contributed by atoms with Gasteiger partial charge in [-0.05, 0) is 50.3 Å². The normalized spacial score (nSPS) is 25.2. The fourth-order valence-electron chi connectivity index (χ4n) is 5.00. The van der Waals surface area contributed by atoms with Gasteiger partial charge in [0.2, 0.25) is 5.75 Å². The van der Waals surface area contributed by atoms with Gasteiger partial charge in [-0.25, -0.2) is 14.2 Å². The number of aromatic nitrogens is 2. The molecule has 3 heterocycles. The number of morpholine rings is 1. The maximum atomic E-state index is 14.8. The lowest BCUT2D eigenvalue weighted by Gasteiger charge is -2.47. The Labute approximate surface area is 219 Å². The number of fused-ring (bicyclic) bond motifs is 2. The highest BCUT2D eigenvalue weighted by Crippen LogP contribution is 2.41. The summed E-state index contributed by atoms with van der Waals surface area (Å²) in [5.74, 6) is 0.532. The monoisotopic (exact) mass is 530 g/mol. The fraction of sp³-hybridized carbons (Fsp3) is 0.577. The number of nitrogens with zero attached hydrogens (tertiary/aromatic N) is 3. The number of halogens is 1. The number of piperidine rings is 1. The number of rotatable bonds is 8. The van der Waals surface area contributed by atoms with Gasteiger partial charge in [-0.2, -0.15) is 4.98 Å². The van der Waals surface area contributed by atoms with Crippen molar-refractivity contribution in [3.05, 3.63) is 30.3 Å². The zero-order valence-electron chi connectivity index (χ0n) is 20.7. The molecule has 2 aromatic rings. The molecule has 1 aromatic carbocycles. The standard InChI is InChI=1S/C26H31FN4O5S/c1-33-23-24(30-22-8-7-20(11-21(22)27)37-19-5-6-19)28-14-29-25(23)35-18-9-15-12-34-13-16(10-18)31(15)26(32)36-17-3-2-4-17/h7-8,11,14-19H,2-6,9-10,12-13H2,1H3,(H,28,29,30). The van der Waals surface area contributed by atoms with Crippen molar-refractivity contribution in [1.82, 2.24) is 14.9 Å². The molecule has 6 rings (SSSR count). The number of carbonyl (C=O) groups excluding carboxylic acids is 1. The Morgan fingerprint density at radius 3 is 2.57 bits per heavy atom. The van der Waals surface area contributed by atoms with Crippen LogP contribution in [0.25, 0.3) is 0 Å². The van der Waals surface area contributed by atoms with Crippen LogP contribution in [0.2, 0.25) is 0 Å². The van der Waals surface area contributed by atoms with Gasteiger partial charge in [0.15, 0.2) is 5.82 Å². The Bertz CT molecular complexity index is 1130. The first-order chi connectivity index (χ1) is 18.1. The van der Waals surface area contributed by atoms with E-state index in [2.05, 4.69) is 15.3 Å². The van der Waals surface area contributed by atoms with Crippen LogP contribution in [0.1, 0.15) is 44.9 Å². The molecule has 198 valence electrons. The van der Waals surface area contributed by atoms with Crippen LogP contribution in [0.4, 0.5) is 20.7 Å². The molecule has 2 saturated heterocycles. The predicted molar refractivity (Wildman–Crippen MR) is 135 cm³/mol. The third kappa shape index (κ3) is 5.43. The van der Waals surface area contributed by atoms with E-state index in [1.165, 1.54) is 26.3 Å². The van der Waals surface area contributed by atoms with Crippen molar-refractivity contribution in [3.63, 3.8) is 0 Å². The van der Waals surface area contributed by atoms with Gasteiger partial charge in [-0.1, -0.05) is 0 Å². The van der Waals surface area contributed by atoms with Gasteiger partial charge in [0, 0.05) is 23.0 Å². The summed E-state index contributed by atoms with van der Waals surface area (Å²) >= 11 is 1.70. The van der Waals surface area contributed by atoms with Gasteiger partial charge in [0.1, 0.15) is 24.4 Å². The number of methoxy groups -OCH3 is 1. The first-order valence-corrected chi connectivity index (χ1v) is 13.8. The third-order valence-corrected chi connectivity index (χ3v) is 8.61. The molecule has 2 aliphatic carbocycles. The van der Waals surface area contributed by atoms with Crippen LogP contribution in [0.15, 0.2) is 29.4 Å². The van der Waals surface area contributed by atoms with E-state index in [1.54, 1.807) is 23.9 Å². The molecular formula is C26H31FN4O5S. The second-order valence-corrected chi connectivity index (χ2v) is 11.4. The third-order valence-electron chi connectivity index (χ3n) is 7.28. The molecule has 1 amide bonds. The smallest absolute Gasteiger partial charge is 0.410 e. The molecule has 4 aliphatic rings. The Hall–Kier alpha value is -2.79. The number of nitrogens with one attached hydrogen (secondary N) is 1. The van der Waals surface area contributed by atoms with E-state index in [1.807, 2.05) is 11.0 Å². The van der Waals surface area contributed by atoms with Gasteiger partial charge in [-0.3, -0.25) is 4.90 Å². The van der Waals surface area contributed by atoms with Gasteiger partial charge >= 0.3 is 6.09 Å². The lowest BCUT2D eigenvalue weighted by atomic mass is 9.92. The second kappa shape index (κ2) is 10.5. The number of ether oxygens (including phenoxy) is 4. The first kappa shape index (κ1) is 24.5. The van der Waals surface area contributed by atoms with Crippen molar-refractivity contribution in [2.45, 2.75) is 79.4 Å². The van der Waals surface area contributed by atoms with Gasteiger partial charge in [-0.15, -0.1) is 11.8 Å².